The molecule has 0 aromatic heterocycles. The lowest BCUT2D eigenvalue weighted by molar-refractivity contribution is -0.116. The number of piperidine rings is 1. The maximum atomic E-state index is 11.9. The summed E-state index contributed by atoms with van der Waals surface area (Å²) in [4.78, 5) is 11.9. The van der Waals surface area contributed by atoms with Crippen molar-refractivity contribution in [1.29, 1.82) is 5.26 Å². The van der Waals surface area contributed by atoms with Crippen LogP contribution in [0, 0.1) is 11.3 Å². The molecule has 1 aliphatic heterocycles. The highest BCUT2D eigenvalue weighted by atomic mass is 35.5. The Balaban J connectivity index is 1.83. The fraction of sp³-hybridized carbons (Fsp3) is 0.467. The topological polar surface area (TPSA) is 64.9 Å². The molecule has 1 atom stereocenters. The van der Waals surface area contributed by atoms with Gasteiger partial charge in [0, 0.05) is 12.5 Å². The molecule has 1 heterocycles. The van der Waals surface area contributed by atoms with E-state index in [9.17, 15) is 4.79 Å². The summed E-state index contributed by atoms with van der Waals surface area (Å²) in [5.41, 5.74) is 1.05. The normalized spacial score (nSPS) is 18.3. The van der Waals surface area contributed by atoms with Gasteiger partial charge in [0.25, 0.3) is 0 Å². The first-order valence-corrected chi connectivity index (χ1v) is 7.29. The summed E-state index contributed by atoms with van der Waals surface area (Å²) in [5, 5.41) is 15.4. The number of benzene rings is 1. The molecule has 1 saturated heterocycles. The Morgan fingerprint density at radius 2 is 2.35 bits per heavy atom. The van der Waals surface area contributed by atoms with Gasteiger partial charge in [-0.2, -0.15) is 5.26 Å². The quantitative estimate of drug-likeness (QED) is 0.896. The first kappa shape index (κ1) is 14.8. The molecule has 1 aliphatic rings. The van der Waals surface area contributed by atoms with Crippen molar-refractivity contribution in [3.63, 3.8) is 0 Å². The standard InChI is InChI=1S/C15H18ClN3O/c16-13-9-11(10-17)4-6-14(13)19-15(20)7-5-12-3-1-2-8-18-12/h4,6,9,12,18H,1-3,5,7-8H2,(H,19,20). The second-order valence-electron chi connectivity index (χ2n) is 5.04. The van der Waals surface area contributed by atoms with Crippen molar-refractivity contribution >= 4 is 23.2 Å². The molecule has 4 nitrogen and oxygen atoms in total. The third-order valence-electron chi connectivity index (χ3n) is 3.50. The highest BCUT2D eigenvalue weighted by Crippen LogP contribution is 2.23. The maximum absolute atomic E-state index is 11.9. The van der Waals surface area contributed by atoms with Crippen LogP contribution in [0.4, 0.5) is 5.69 Å². The van der Waals surface area contributed by atoms with E-state index in [4.69, 9.17) is 16.9 Å². The van der Waals surface area contributed by atoms with Crippen molar-refractivity contribution < 1.29 is 4.79 Å². The van der Waals surface area contributed by atoms with Gasteiger partial charge in [-0.05, 0) is 44.0 Å². The summed E-state index contributed by atoms with van der Waals surface area (Å²) in [7, 11) is 0. The number of nitrogens with one attached hydrogen (secondary N) is 2. The third-order valence-corrected chi connectivity index (χ3v) is 3.82. The van der Waals surface area contributed by atoms with Gasteiger partial charge in [0.05, 0.1) is 22.3 Å². The molecule has 106 valence electrons. The molecule has 5 heteroatoms. The van der Waals surface area contributed by atoms with Gasteiger partial charge in [0.1, 0.15) is 0 Å². The fourth-order valence-corrected chi connectivity index (χ4v) is 2.60. The van der Waals surface area contributed by atoms with Crippen LogP contribution in [-0.4, -0.2) is 18.5 Å². The number of rotatable bonds is 4. The van der Waals surface area contributed by atoms with Crippen LogP contribution in [0.1, 0.15) is 37.7 Å². The van der Waals surface area contributed by atoms with E-state index in [-0.39, 0.29) is 5.91 Å². The SMILES string of the molecule is N#Cc1ccc(NC(=O)CCC2CCCCN2)c(Cl)c1. The first-order chi connectivity index (χ1) is 9.69. The molecule has 2 N–H and O–H groups in total. The van der Waals surface area contributed by atoms with Gasteiger partial charge in [0.15, 0.2) is 0 Å². The number of anilines is 1. The van der Waals surface area contributed by atoms with Crippen LogP contribution in [0.3, 0.4) is 0 Å². The number of nitriles is 1. The van der Waals surface area contributed by atoms with Crippen LogP contribution in [0.2, 0.25) is 5.02 Å². The van der Waals surface area contributed by atoms with Crippen molar-refractivity contribution in [2.24, 2.45) is 0 Å². The van der Waals surface area contributed by atoms with Gasteiger partial charge >= 0.3 is 0 Å². The summed E-state index contributed by atoms with van der Waals surface area (Å²) in [6.45, 7) is 1.05. The summed E-state index contributed by atoms with van der Waals surface area (Å²) >= 11 is 6.02. The number of nitrogens with zero attached hydrogens (tertiary/aromatic N) is 1. The van der Waals surface area contributed by atoms with Crippen LogP contribution >= 0.6 is 11.6 Å². The Bertz CT molecular complexity index is 518. The molecular formula is C15H18ClN3O. The van der Waals surface area contributed by atoms with Gasteiger partial charge < -0.3 is 10.6 Å². The summed E-state index contributed by atoms with van der Waals surface area (Å²) in [6.07, 6.45) is 4.93. The minimum atomic E-state index is -0.0380. The lowest BCUT2D eigenvalue weighted by atomic mass is 10.0. The Kier molecular flexibility index (Phi) is 5.40. The number of carbonyl (C=O) groups excluding carboxylic acids is 1. The monoisotopic (exact) mass is 291 g/mol. The van der Waals surface area contributed by atoms with Crippen LogP contribution in [-0.2, 0) is 4.79 Å². The molecule has 1 fully saturated rings. The number of amides is 1. The highest BCUT2D eigenvalue weighted by molar-refractivity contribution is 6.33. The van der Waals surface area contributed by atoms with Crippen molar-refractivity contribution in [3.05, 3.63) is 28.8 Å². The predicted molar refractivity (Wildman–Crippen MR) is 79.7 cm³/mol. The lowest BCUT2D eigenvalue weighted by Gasteiger charge is -2.23. The van der Waals surface area contributed by atoms with E-state index in [1.165, 1.54) is 12.8 Å². The molecule has 1 amide bonds. The number of carbonyl (C=O) groups is 1. The molecule has 0 bridgehead atoms. The number of hydrogen-bond acceptors (Lipinski definition) is 3. The van der Waals surface area contributed by atoms with Crippen molar-refractivity contribution in [1.82, 2.24) is 5.32 Å². The highest BCUT2D eigenvalue weighted by Gasteiger charge is 2.14. The zero-order chi connectivity index (χ0) is 14.4. The van der Waals surface area contributed by atoms with Crippen LogP contribution in [0.25, 0.3) is 0 Å². The van der Waals surface area contributed by atoms with E-state index in [0.29, 0.717) is 28.7 Å². The van der Waals surface area contributed by atoms with E-state index in [1.54, 1.807) is 18.2 Å². The maximum Gasteiger partial charge on any atom is 0.224 e. The van der Waals surface area contributed by atoms with E-state index in [0.717, 1.165) is 19.4 Å². The summed E-state index contributed by atoms with van der Waals surface area (Å²) in [5.74, 6) is -0.0380. The van der Waals surface area contributed by atoms with E-state index >= 15 is 0 Å². The van der Waals surface area contributed by atoms with Gasteiger partial charge in [-0.3, -0.25) is 4.79 Å². The summed E-state index contributed by atoms with van der Waals surface area (Å²) < 4.78 is 0. The van der Waals surface area contributed by atoms with Crippen LogP contribution in [0.15, 0.2) is 18.2 Å². The molecule has 1 aromatic rings. The molecule has 20 heavy (non-hydrogen) atoms. The van der Waals surface area contributed by atoms with E-state index in [1.807, 2.05) is 6.07 Å². The molecule has 2 rings (SSSR count). The zero-order valence-corrected chi connectivity index (χ0v) is 12.0. The van der Waals surface area contributed by atoms with Crippen molar-refractivity contribution in [2.45, 2.75) is 38.1 Å². The van der Waals surface area contributed by atoms with Crippen molar-refractivity contribution in [2.75, 3.05) is 11.9 Å². The van der Waals surface area contributed by atoms with Gasteiger partial charge in [-0.1, -0.05) is 18.0 Å². The van der Waals surface area contributed by atoms with Gasteiger partial charge in [-0.15, -0.1) is 0 Å². The number of halogens is 1. The molecule has 0 spiro atoms. The fourth-order valence-electron chi connectivity index (χ4n) is 2.37. The largest absolute Gasteiger partial charge is 0.325 e. The molecule has 0 saturated carbocycles. The van der Waals surface area contributed by atoms with Gasteiger partial charge in [-0.25, -0.2) is 0 Å². The Morgan fingerprint density at radius 1 is 1.50 bits per heavy atom. The Labute approximate surface area is 124 Å². The molecule has 0 radical (unpaired) electrons. The molecule has 0 aliphatic carbocycles. The molecule has 1 unspecified atom stereocenters. The lowest BCUT2D eigenvalue weighted by Crippen LogP contribution is -2.34. The second kappa shape index (κ2) is 7.28. The van der Waals surface area contributed by atoms with E-state index in [2.05, 4.69) is 10.6 Å². The zero-order valence-electron chi connectivity index (χ0n) is 11.3. The Hall–Kier alpha value is -1.57. The third kappa shape index (κ3) is 4.22. The average molecular weight is 292 g/mol. The summed E-state index contributed by atoms with van der Waals surface area (Å²) in [6, 6.07) is 7.32. The van der Waals surface area contributed by atoms with Crippen LogP contribution < -0.4 is 10.6 Å². The minimum absolute atomic E-state index is 0.0380. The van der Waals surface area contributed by atoms with Crippen LogP contribution in [0.5, 0.6) is 0 Å². The predicted octanol–water partition coefficient (Wildman–Crippen LogP) is 3.07. The van der Waals surface area contributed by atoms with E-state index < -0.39 is 0 Å². The minimum Gasteiger partial charge on any atom is -0.325 e. The first-order valence-electron chi connectivity index (χ1n) is 6.92. The van der Waals surface area contributed by atoms with Crippen molar-refractivity contribution in [3.8, 4) is 6.07 Å². The van der Waals surface area contributed by atoms with Gasteiger partial charge in [0.2, 0.25) is 5.91 Å². The average Bonchev–Trinajstić information content (AvgIpc) is 2.48. The molecular weight excluding hydrogens is 274 g/mol. The Morgan fingerprint density at radius 3 is 3.00 bits per heavy atom. The smallest absolute Gasteiger partial charge is 0.224 e. The second-order valence-corrected chi connectivity index (χ2v) is 5.45. The molecule has 1 aromatic carbocycles. The number of hydrogen-bond donors (Lipinski definition) is 2.